The summed E-state index contributed by atoms with van der Waals surface area (Å²) in [6, 6.07) is 13.0. The SMILES string of the molecule is CC(C)C(NC(=O)c1ccccc1F)C(=O)NCc1cccc(OCCN(C)C2CCOCC2)c1. The number of ether oxygens (including phenoxy) is 2. The quantitative estimate of drug-likeness (QED) is 0.510. The molecule has 1 atom stereocenters. The van der Waals surface area contributed by atoms with Gasteiger partial charge in [-0.2, -0.15) is 0 Å². The van der Waals surface area contributed by atoms with E-state index in [4.69, 9.17) is 9.47 Å². The number of carbonyl (C=O) groups excluding carboxylic acids is 2. The van der Waals surface area contributed by atoms with Crippen molar-refractivity contribution in [3.8, 4) is 5.75 Å². The zero-order valence-electron chi connectivity index (χ0n) is 20.8. The van der Waals surface area contributed by atoms with E-state index in [0.29, 0.717) is 12.6 Å². The molecule has 2 aromatic rings. The predicted molar refractivity (Wildman–Crippen MR) is 133 cm³/mol. The van der Waals surface area contributed by atoms with Gasteiger partial charge in [0, 0.05) is 32.3 Å². The molecule has 0 bridgehead atoms. The summed E-state index contributed by atoms with van der Waals surface area (Å²) < 4.78 is 25.3. The van der Waals surface area contributed by atoms with Gasteiger partial charge in [-0.25, -0.2) is 4.39 Å². The fourth-order valence-corrected chi connectivity index (χ4v) is 4.06. The molecule has 2 aromatic carbocycles. The topological polar surface area (TPSA) is 79.9 Å². The van der Waals surface area contributed by atoms with Crippen LogP contribution in [-0.2, 0) is 16.1 Å². The van der Waals surface area contributed by atoms with Crippen LogP contribution in [0.5, 0.6) is 5.75 Å². The third-order valence-electron chi connectivity index (χ3n) is 6.25. The highest BCUT2D eigenvalue weighted by molar-refractivity contribution is 5.97. The van der Waals surface area contributed by atoms with Gasteiger partial charge < -0.3 is 20.1 Å². The summed E-state index contributed by atoms with van der Waals surface area (Å²) in [5.41, 5.74) is 0.801. The van der Waals surface area contributed by atoms with Gasteiger partial charge in [-0.3, -0.25) is 14.5 Å². The molecule has 0 spiro atoms. The summed E-state index contributed by atoms with van der Waals surface area (Å²) in [5, 5.41) is 5.53. The monoisotopic (exact) mass is 485 g/mol. The Balaban J connectivity index is 1.49. The van der Waals surface area contributed by atoms with E-state index in [0.717, 1.165) is 43.9 Å². The van der Waals surface area contributed by atoms with Gasteiger partial charge >= 0.3 is 0 Å². The van der Waals surface area contributed by atoms with Crippen LogP contribution in [0.4, 0.5) is 4.39 Å². The number of halogens is 1. The first kappa shape index (κ1) is 26.6. The highest BCUT2D eigenvalue weighted by Gasteiger charge is 2.25. The minimum absolute atomic E-state index is 0.0849. The molecule has 3 rings (SSSR count). The van der Waals surface area contributed by atoms with Gasteiger partial charge in [-0.05, 0) is 55.6 Å². The van der Waals surface area contributed by atoms with Crippen molar-refractivity contribution in [3.05, 3.63) is 65.5 Å². The van der Waals surface area contributed by atoms with Crippen LogP contribution in [0, 0.1) is 11.7 Å². The van der Waals surface area contributed by atoms with E-state index in [9.17, 15) is 14.0 Å². The van der Waals surface area contributed by atoms with Gasteiger partial charge in [-0.15, -0.1) is 0 Å². The Labute approximate surface area is 207 Å². The largest absolute Gasteiger partial charge is 0.492 e. The number of nitrogens with zero attached hydrogens (tertiary/aromatic N) is 1. The van der Waals surface area contributed by atoms with E-state index in [-0.39, 0.29) is 23.9 Å². The van der Waals surface area contributed by atoms with Crippen molar-refractivity contribution < 1.29 is 23.5 Å². The molecule has 1 saturated heterocycles. The molecular formula is C27H36FN3O4. The lowest BCUT2D eigenvalue weighted by atomic mass is 10.0. The number of amides is 2. The predicted octanol–water partition coefficient (Wildman–Crippen LogP) is 3.39. The highest BCUT2D eigenvalue weighted by atomic mass is 19.1. The average molecular weight is 486 g/mol. The zero-order valence-corrected chi connectivity index (χ0v) is 20.8. The molecule has 8 heteroatoms. The van der Waals surface area contributed by atoms with Crippen LogP contribution in [0.25, 0.3) is 0 Å². The van der Waals surface area contributed by atoms with Gasteiger partial charge in [0.1, 0.15) is 24.2 Å². The van der Waals surface area contributed by atoms with E-state index in [1.807, 2.05) is 38.1 Å². The van der Waals surface area contributed by atoms with Gasteiger partial charge in [0.25, 0.3) is 5.91 Å². The van der Waals surface area contributed by atoms with Crippen molar-refractivity contribution in [3.63, 3.8) is 0 Å². The Kier molecular flexibility index (Phi) is 10.0. The Hall–Kier alpha value is -2.97. The molecule has 7 nitrogen and oxygen atoms in total. The summed E-state index contributed by atoms with van der Waals surface area (Å²) in [6.45, 7) is 6.97. The molecule has 1 fully saturated rings. The molecular weight excluding hydrogens is 449 g/mol. The van der Waals surface area contributed by atoms with Gasteiger partial charge in [0.15, 0.2) is 0 Å². The third kappa shape index (κ3) is 8.04. The first-order valence-electron chi connectivity index (χ1n) is 12.2. The number of hydrogen-bond acceptors (Lipinski definition) is 5. The third-order valence-corrected chi connectivity index (χ3v) is 6.25. The first-order valence-corrected chi connectivity index (χ1v) is 12.2. The first-order chi connectivity index (χ1) is 16.8. The van der Waals surface area contributed by atoms with Crippen molar-refractivity contribution in [2.75, 3.05) is 33.4 Å². The Morgan fingerprint density at radius 1 is 1.14 bits per heavy atom. The van der Waals surface area contributed by atoms with Crippen molar-refractivity contribution in [2.45, 2.75) is 45.3 Å². The fourth-order valence-electron chi connectivity index (χ4n) is 4.06. The van der Waals surface area contributed by atoms with Crippen LogP contribution in [0.1, 0.15) is 42.6 Å². The molecule has 0 saturated carbocycles. The van der Waals surface area contributed by atoms with E-state index in [2.05, 4.69) is 22.6 Å². The molecule has 190 valence electrons. The summed E-state index contributed by atoms with van der Waals surface area (Å²) in [4.78, 5) is 27.6. The lowest BCUT2D eigenvalue weighted by Gasteiger charge is -2.31. The summed E-state index contributed by atoms with van der Waals surface area (Å²) >= 11 is 0. The second-order valence-electron chi connectivity index (χ2n) is 9.21. The maximum absolute atomic E-state index is 13.9. The molecule has 1 unspecified atom stereocenters. The van der Waals surface area contributed by atoms with Crippen LogP contribution in [0.2, 0.25) is 0 Å². The minimum atomic E-state index is -0.790. The Morgan fingerprint density at radius 3 is 2.60 bits per heavy atom. The van der Waals surface area contributed by atoms with Crippen molar-refractivity contribution >= 4 is 11.8 Å². The molecule has 1 aliphatic rings. The average Bonchev–Trinajstić information content (AvgIpc) is 2.86. The van der Waals surface area contributed by atoms with E-state index < -0.39 is 17.8 Å². The summed E-state index contributed by atoms with van der Waals surface area (Å²) in [7, 11) is 2.11. The van der Waals surface area contributed by atoms with E-state index in [1.54, 1.807) is 6.07 Å². The van der Waals surface area contributed by atoms with Crippen LogP contribution in [0.15, 0.2) is 48.5 Å². The lowest BCUT2D eigenvalue weighted by Crippen LogP contribution is -2.49. The van der Waals surface area contributed by atoms with Crippen LogP contribution in [0.3, 0.4) is 0 Å². The lowest BCUT2D eigenvalue weighted by molar-refractivity contribution is -0.124. The van der Waals surface area contributed by atoms with Crippen LogP contribution >= 0.6 is 0 Å². The van der Waals surface area contributed by atoms with E-state index >= 15 is 0 Å². The summed E-state index contributed by atoms with van der Waals surface area (Å²) in [6.07, 6.45) is 2.09. The van der Waals surface area contributed by atoms with Gasteiger partial charge in [0.2, 0.25) is 5.91 Å². The normalized spacial score (nSPS) is 15.1. The standard InChI is InChI=1S/C27H36FN3O4/c1-19(2)25(30-26(32)23-9-4-5-10-24(23)28)27(33)29-18-20-7-6-8-22(17-20)35-16-13-31(3)21-11-14-34-15-12-21/h4-10,17,19,21,25H,11-16,18H2,1-3H3,(H,29,33)(H,30,32). The number of hydrogen-bond donors (Lipinski definition) is 2. The minimum Gasteiger partial charge on any atom is -0.492 e. The number of nitrogens with one attached hydrogen (secondary N) is 2. The smallest absolute Gasteiger partial charge is 0.254 e. The maximum Gasteiger partial charge on any atom is 0.254 e. The van der Waals surface area contributed by atoms with Crippen molar-refractivity contribution in [1.29, 1.82) is 0 Å². The number of likely N-dealkylation sites (N-methyl/N-ethyl adjacent to an activating group) is 1. The van der Waals surface area contributed by atoms with Gasteiger partial charge in [-0.1, -0.05) is 38.1 Å². The van der Waals surface area contributed by atoms with Crippen molar-refractivity contribution in [1.82, 2.24) is 15.5 Å². The molecule has 0 aromatic heterocycles. The number of carbonyl (C=O) groups is 2. The fraction of sp³-hybridized carbons (Fsp3) is 0.481. The zero-order chi connectivity index (χ0) is 25.2. The Bertz CT molecular complexity index is 978. The second kappa shape index (κ2) is 13.2. The molecule has 0 aliphatic carbocycles. The highest BCUT2D eigenvalue weighted by Crippen LogP contribution is 2.16. The maximum atomic E-state index is 13.9. The Morgan fingerprint density at radius 2 is 1.89 bits per heavy atom. The second-order valence-corrected chi connectivity index (χ2v) is 9.21. The van der Waals surface area contributed by atoms with Crippen LogP contribution < -0.4 is 15.4 Å². The number of benzene rings is 2. The molecule has 2 amide bonds. The van der Waals surface area contributed by atoms with Crippen molar-refractivity contribution in [2.24, 2.45) is 5.92 Å². The molecule has 2 N–H and O–H groups in total. The summed E-state index contributed by atoms with van der Waals surface area (Å²) in [5.74, 6) is -0.991. The van der Waals surface area contributed by atoms with Gasteiger partial charge in [0.05, 0.1) is 5.56 Å². The van der Waals surface area contributed by atoms with Crippen LogP contribution in [-0.4, -0.2) is 62.2 Å². The molecule has 35 heavy (non-hydrogen) atoms. The molecule has 0 radical (unpaired) electrons. The molecule has 1 heterocycles. The van der Waals surface area contributed by atoms with E-state index in [1.165, 1.54) is 18.2 Å². The molecule has 1 aliphatic heterocycles. The number of rotatable bonds is 11.